The van der Waals surface area contributed by atoms with Gasteiger partial charge in [-0.05, 0) is 33.1 Å². The second-order valence-electron chi connectivity index (χ2n) is 6.19. The second kappa shape index (κ2) is 20.7. The fourth-order valence-electron chi connectivity index (χ4n) is 1.82. The smallest absolute Gasteiger partial charge is 0.0705 e. The van der Waals surface area contributed by atoms with Crippen LogP contribution < -0.4 is 0 Å². The van der Waals surface area contributed by atoms with E-state index in [1.54, 1.807) is 0 Å². The fourth-order valence-corrected chi connectivity index (χ4v) is 1.82. The molecule has 1 rings (SSSR count). The van der Waals surface area contributed by atoms with E-state index in [4.69, 9.17) is 20.7 Å². The quantitative estimate of drug-likeness (QED) is 0.662. The van der Waals surface area contributed by atoms with Crippen molar-refractivity contribution in [1.82, 2.24) is 0 Å². The van der Waals surface area contributed by atoms with E-state index in [1.807, 2.05) is 19.9 Å². The van der Waals surface area contributed by atoms with Crippen molar-refractivity contribution >= 4 is 0 Å². The minimum absolute atomic E-state index is 0. The molecule has 0 amide bonds. The molecule has 3 N–H and O–H groups in total. The molecule has 4 nitrogen and oxygen atoms in total. The van der Waals surface area contributed by atoms with Gasteiger partial charge < -0.3 is 20.7 Å². The maximum atomic E-state index is 8.56. The van der Waals surface area contributed by atoms with Crippen molar-refractivity contribution in [2.24, 2.45) is 0 Å². The van der Waals surface area contributed by atoms with Gasteiger partial charge in [0.05, 0.1) is 18.8 Å². The van der Waals surface area contributed by atoms with Gasteiger partial charge in [0.2, 0.25) is 0 Å². The zero-order chi connectivity index (χ0) is 17.3. The molecule has 0 aliphatic heterocycles. The number of hydrogen-bond donors (Lipinski definition) is 2. The summed E-state index contributed by atoms with van der Waals surface area (Å²) < 4.78 is 5.21. The van der Waals surface area contributed by atoms with E-state index in [0.717, 1.165) is 6.42 Å². The van der Waals surface area contributed by atoms with Crippen LogP contribution in [0.3, 0.4) is 0 Å². The van der Waals surface area contributed by atoms with Crippen LogP contribution in [0.5, 0.6) is 0 Å². The molecule has 137 valence electrons. The van der Waals surface area contributed by atoms with Crippen molar-refractivity contribution < 1.29 is 47.7 Å². The predicted octanol–water partition coefficient (Wildman–Crippen LogP) is 4.50. The standard InChI is InChI=1S/C8H14N.C7H16O3.C3H8.Y/c9-8-6-4-2-1-3-5-7-8;1-7(2,3-4-8)10-6-5-9;1-3-2;/h4,6,8-9H,1-3,5,7H2;8-9H,3-6H2,1-2H3;3H2,1-2H3;/q-1;;;/b6-4-;;;. The van der Waals surface area contributed by atoms with Crippen LogP contribution in [0.25, 0.3) is 5.73 Å². The zero-order valence-corrected chi connectivity index (χ0v) is 18.5. The van der Waals surface area contributed by atoms with E-state index in [2.05, 4.69) is 19.9 Å². The van der Waals surface area contributed by atoms with E-state index >= 15 is 0 Å². The van der Waals surface area contributed by atoms with E-state index in [0.29, 0.717) is 13.0 Å². The normalized spacial score (nSPS) is 18.8. The van der Waals surface area contributed by atoms with Crippen LogP contribution in [0.4, 0.5) is 0 Å². The summed E-state index contributed by atoms with van der Waals surface area (Å²) in [7, 11) is 0. The van der Waals surface area contributed by atoms with Gasteiger partial charge in [0.15, 0.2) is 0 Å². The molecule has 0 saturated heterocycles. The van der Waals surface area contributed by atoms with Crippen molar-refractivity contribution in [2.75, 3.05) is 19.8 Å². The Bertz CT molecular complexity index is 248. The zero-order valence-electron chi connectivity index (χ0n) is 15.7. The van der Waals surface area contributed by atoms with Gasteiger partial charge in [-0.15, -0.1) is 12.1 Å². The largest absolute Gasteiger partial charge is 0.671 e. The molecule has 0 aromatic heterocycles. The van der Waals surface area contributed by atoms with Gasteiger partial charge in [0, 0.05) is 39.3 Å². The number of hydrogen-bond acceptors (Lipinski definition) is 3. The molecule has 1 radical (unpaired) electrons. The molecule has 0 aromatic rings. The SMILES string of the molecule is CC(C)(CCO)OCCO.CCC.[NH-]C1/C=C\CCCCC1.[Y]. The van der Waals surface area contributed by atoms with Gasteiger partial charge in [-0.1, -0.05) is 45.6 Å². The fraction of sp³-hybridized carbons (Fsp3) is 0.889. The number of aliphatic hydroxyl groups excluding tert-OH is 2. The van der Waals surface area contributed by atoms with Crippen molar-refractivity contribution in [2.45, 2.75) is 84.3 Å². The van der Waals surface area contributed by atoms with Crippen LogP contribution in [-0.4, -0.2) is 41.7 Å². The second-order valence-corrected chi connectivity index (χ2v) is 6.19. The van der Waals surface area contributed by atoms with Crippen molar-refractivity contribution in [3.8, 4) is 0 Å². The summed E-state index contributed by atoms with van der Waals surface area (Å²) in [5.74, 6) is 0. The number of nitrogens with one attached hydrogen (secondary N) is 1. The first-order chi connectivity index (χ1) is 10.4. The minimum atomic E-state index is -0.308. The topological polar surface area (TPSA) is 73.5 Å². The molecule has 0 saturated carbocycles. The third kappa shape index (κ3) is 25.0. The van der Waals surface area contributed by atoms with E-state index in [1.165, 1.54) is 32.1 Å². The Kier molecular flexibility index (Phi) is 25.7. The molecule has 23 heavy (non-hydrogen) atoms. The molecule has 0 bridgehead atoms. The number of allylic oxidation sites excluding steroid dienone is 1. The van der Waals surface area contributed by atoms with E-state index < -0.39 is 0 Å². The Morgan fingerprint density at radius 3 is 2.26 bits per heavy atom. The third-order valence-corrected chi connectivity index (χ3v) is 3.05. The summed E-state index contributed by atoms with van der Waals surface area (Å²) >= 11 is 0. The third-order valence-electron chi connectivity index (χ3n) is 3.05. The Morgan fingerprint density at radius 2 is 1.74 bits per heavy atom. The van der Waals surface area contributed by atoms with Crippen LogP contribution in [0.2, 0.25) is 0 Å². The number of aliphatic hydroxyl groups is 2. The van der Waals surface area contributed by atoms with E-state index in [-0.39, 0.29) is 57.6 Å². The molecular weight excluding hydrogens is 367 g/mol. The number of rotatable bonds is 5. The first-order valence-electron chi connectivity index (χ1n) is 8.66. The number of ether oxygens (including phenoxy) is 1. The maximum Gasteiger partial charge on any atom is 0.0705 e. The molecular formula is C18H38NO3Y-. The first-order valence-corrected chi connectivity index (χ1v) is 8.66. The summed E-state index contributed by atoms with van der Waals surface area (Å²) in [6.45, 7) is 8.53. The molecule has 5 heteroatoms. The molecule has 0 heterocycles. The Labute approximate surface area is 169 Å². The van der Waals surface area contributed by atoms with Gasteiger partial charge in [-0.3, -0.25) is 0 Å². The average Bonchev–Trinajstić information content (AvgIpc) is 2.42. The molecule has 1 aliphatic rings. The molecule has 1 aliphatic carbocycles. The molecule has 1 atom stereocenters. The first kappa shape index (κ1) is 28.5. The van der Waals surface area contributed by atoms with Crippen LogP contribution in [-0.2, 0) is 37.4 Å². The van der Waals surface area contributed by atoms with Gasteiger partial charge in [0.25, 0.3) is 0 Å². The predicted molar refractivity (Wildman–Crippen MR) is 95.1 cm³/mol. The van der Waals surface area contributed by atoms with Gasteiger partial charge in [0.1, 0.15) is 0 Å². The molecule has 0 fully saturated rings. The Balaban J connectivity index is -0.000000287. The molecule has 0 spiro atoms. The Hall–Kier alpha value is 0.684. The van der Waals surface area contributed by atoms with Crippen molar-refractivity contribution in [3.05, 3.63) is 17.9 Å². The average molecular weight is 405 g/mol. The van der Waals surface area contributed by atoms with Crippen LogP contribution in [0.15, 0.2) is 12.2 Å². The summed E-state index contributed by atoms with van der Waals surface area (Å²) in [6.07, 6.45) is 12.2. The minimum Gasteiger partial charge on any atom is -0.671 e. The van der Waals surface area contributed by atoms with Gasteiger partial charge >= 0.3 is 0 Å². The molecule has 1 unspecified atom stereocenters. The van der Waals surface area contributed by atoms with Crippen LogP contribution >= 0.6 is 0 Å². The summed E-state index contributed by atoms with van der Waals surface area (Å²) in [5, 5.41) is 17.0. The Morgan fingerprint density at radius 1 is 1.13 bits per heavy atom. The van der Waals surface area contributed by atoms with Crippen LogP contribution in [0, 0.1) is 0 Å². The monoisotopic (exact) mass is 405 g/mol. The summed E-state index contributed by atoms with van der Waals surface area (Å²) in [5.41, 5.74) is 7.11. The summed E-state index contributed by atoms with van der Waals surface area (Å²) in [4.78, 5) is 0. The molecule has 0 aromatic carbocycles. The summed E-state index contributed by atoms with van der Waals surface area (Å²) in [6, 6.07) is 0.0882. The van der Waals surface area contributed by atoms with Crippen molar-refractivity contribution in [1.29, 1.82) is 0 Å². The maximum absolute atomic E-state index is 8.56. The van der Waals surface area contributed by atoms with Crippen LogP contribution in [0.1, 0.15) is 72.6 Å². The van der Waals surface area contributed by atoms with Crippen molar-refractivity contribution in [3.63, 3.8) is 0 Å². The van der Waals surface area contributed by atoms with Gasteiger partial charge in [-0.25, -0.2) is 0 Å². The van der Waals surface area contributed by atoms with E-state index in [9.17, 15) is 0 Å². The van der Waals surface area contributed by atoms with Gasteiger partial charge in [-0.2, -0.15) is 0 Å².